The highest BCUT2D eigenvalue weighted by Gasteiger charge is 2.31. The van der Waals surface area contributed by atoms with E-state index < -0.39 is 0 Å². The minimum Gasteiger partial charge on any atom is -0.369 e. The van der Waals surface area contributed by atoms with Gasteiger partial charge < -0.3 is 29.9 Å². The van der Waals surface area contributed by atoms with Gasteiger partial charge >= 0.3 is 0 Å². The number of fused-ring (bicyclic) bond motifs is 1. The summed E-state index contributed by atoms with van der Waals surface area (Å²) in [7, 11) is 2.17. The SMILES string of the molecule is C/C=C/C(=O)NC1CN(c2nc(Nc3ccc(N4CCN(C)CC4)cc3)c3ncn(C(C)C)c3n2)C1. The van der Waals surface area contributed by atoms with Gasteiger partial charge in [-0.15, -0.1) is 0 Å². The van der Waals surface area contributed by atoms with Crippen LogP contribution in [0.2, 0.25) is 0 Å². The summed E-state index contributed by atoms with van der Waals surface area (Å²) in [6, 6.07) is 8.81. The van der Waals surface area contributed by atoms with Crippen molar-refractivity contribution in [1.29, 1.82) is 0 Å². The van der Waals surface area contributed by atoms with Crippen LogP contribution in [0.1, 0.15) is 26.8 Å². The summed E-state index contributed by atoms with van der Waals surface area (Å²) in [4.78, 5) is 33.1. The van der Waals surface area contributed by atoms with Crippen LogP contribution in [-0.4, -0.2) is 82.7 Å². The molecule has 2 fully saturated rings. The summed E-state index contributed by atoms with van der Waals surface area (Å²) in [5.41, 5.74) is 3.73. The van der Waals surface area contributed by atoms with Crippen molar-refractivity contribution in [3.8, 4) is 0 Å². The van der Waals surface area contributed by atoms with Crippen LogP contribution in [0.3, 0.4) is 0 Å². The molecular formula is C26H35N9O. The van der Waals surface area contributed by atoms with Gasteiger partial charge in [0, 0.05) is 56.7 Å². The molecule has 2 aromatic heterocycles. The summed E-state index contributed by atoms with van der Waals surface area (Å²) in [5.74, 6) is 1.25. The molecule has 0 bridgehead atoms. The number of carbonyl (C=O) groups excluding carboxylic acids is 1. The highest BCUT2D eigenvalue weighted by molar-refractivity contribution is 5.88. The normalized spacial score (nSPS) is 17.2. The third-order valence-electron chi connectivity index (χ3n) is 6.79. The number of aromatic nitrogens is 4. The number of carbonyl (C=O) groups is 1. The Hall–Kier alpha value is -3.66. The first-order valence-electron chi connectivity index (χ1n) is 12.6. The second-order valence-corrected chi connectivity index (χ2v) is 9.86. The van der Waals surface area contributed by atoms with Crippen molar-refractivity contribution in [2.75, 3.05) is 61.4 Å². The average Bonchev–Trinajstić information content (AvgIpc) is 3.27. The number of amides is 1. The molecule has 0 atom stereocenters. The number of allylic oxidation sites excluding steroid dienone is 1. The lowest BCUT2D eigenvalue weighted by Gasteiger charge is -2.39. The number of benzene rings is 1. The maximum Gasteiger partial charge on any atom is 0.243 e. The zero-order chi connectivity index (χ0) is 25.2. The Morgan fingerprint density at radius 1 is 1.06 bits per heavy atom. The Kier molecular flexibility index (Phi) is 6.77. The fraction of sp³-hybridized carbons (Fsp3) is 0.462. The first kappa shape index (κ1) is 24.1. The Bertz CT molecular complexity index is 1240. The molecule has 2 aliphatic heterocycles. The van der Waals surface area contributed by atoms with E-state index in [4.69, 9.17) is 9.97 Å². The van der Waals surface area contributed by atoms with Gasteiger partial charge in [0.25, 0.3) is 0 Å². The van der Waals surface area contributed by atoms with Gasteiger partial charge in [-0.1, -0.05) is 6.08 Å². The number of piperazine rings is 1. The number of nitrogens with one attached hydrogen (secondary N) is 2. The zero-order valence-corrected chi connectivity index (χ0v) is 21.5. The van der Waals surface area contributed by atoms with Crippen molar-refractivity contribution >= 4 is 40.2 Å². The number of rotatable bonds is 7. The lowest BCUT2D eigenvalue weighted by molar-refractivity contribution is -0.117. The highest BCUT2D eigenvalue weighted by atomic mass is 16.1. The molecule has 0 saturated carbocycles. The highest BCUT2D eigenvalue weighted by Crippen LogP contribution is 2.29. The van der Waals surface area contributed by atoms with Gasteiger partial charge in [-0.2, -0.15) is 9.97 Å². The first-order valence-corrected chi connectivity index (χ1v) is 12.6. The van der Waals surface area contributed by atoms with Crippen LogP contribution in [0.5, 0.6) is 0 Å². The predicted molar refractivity (Wildman–Crippen MR) is 144 cm³/mol. The van der Waals surface area contributed by atoms with Crippen molar-refractivity contribution < 1.29 is 4.79 Å². The number of imidazole rings is 1. The third kappa shape index (κ3) is 4.99. The van der Waals surface area contributed by atoms with Crippen molar-refractivity contribution in [2.24, 2.45) is 0 Å². The van der Waals surface area contributed by atoms with E-state index in [1.807, 2.05) is 13.3 Å². The van der Waals surface area contributed by atoms with E-state index in [0.29, 0.717) is 24.9 Å². The van der Waals surface area contributed by atoms with Crippen LogP contribution in [0, 0.1) is 0 Å². The maximum atomic E-state index is 11.9. The number of anilines is 4. The Labute approximate surface area is 212 Å². The topological polar surface area (TPSA) is 94.5 Å². The fourth-order valence-electron chi connectivity index (χ4n) is 4.60. The van der Waals surface area contributed by atoms with Gasteiger partial charge in [0.1, 0.15) is 0 Å². The Morgan fingerprint density at radius 3 is 2.44 bits per heavy atom. The molecule has 2 saturated heterocycles. The van der Waals surface area contributed by atoms with Crippen molar-refractivity contribution in [2.45, 2.75) is 32.9 Å². The molecule has 190 valence electrons. The lowest BCUT2D eigenvalue weighted by Crippen LogP contribution is -2.59. The van der Waals surface area contributed by atoms with Crippen molar-refractivity contribution in [3.63, 3.8) is 0 Å². The molecule has 1 amide bonds. The number of hydrogen-bond acceptors (Lipinski definition) is 8. The third-order valence-corrected chi connectivity index (χ3v) is 6.79. The molecule has 0 unspecified atom stereocenters. The summed E-state index contributed by atoms with van der Waals surface area (Å²) >= 11 is 0. The largest absolute Gasteiger partial charge is 0.369 e. The van der Waals surface area contributed by atoms with E-state index in [1.165, 1.54) is 5.69 Å². The van der Waals surface area contributed by atoms with Gasteiger partial charge in [-0.3, -0.25) is 4.79 Å². The smallest absolute Gasteiger partial charge is 0.243 e. The second kappa shape index (κ2) is 10.1. The molecule has 1 aromatic carbocycles. The summed E-state index contributed by atoms with van der Waals surface area (Å²) in [5, 5.41) is 6.49. The van der Waals surface area contributed by atoms with Gasteiger partial charge in [0.05, 0.1) is 12.4 Å². The van der Waals surface area contributed by atoms with E-state index in [9.17, 15) is 4.79 Å². The Balaban J connectivity index is 1.36. The van der Waals surface area contributed by atoms with Crippen LogP contribution >= 0.6 is 0 Å². The first-order chi connectivity index (χ1) is 17.4. The van der Waals surface area contributed by atoms with E-state index in [0.717, 1.165) is 43.0 Å². The van der Waals surface area contributed by atoms with Crippen LogP contribution in [0.15, 0.2) is 42.7 Å². The van der Waals surface area contributed by atoms with Crippen LogP contribution in [0.25, 0.3) is 11.2 Å². The molecule has 10 heteroatoms. The van der Waals surface area contributed by atoms with Gasteiger partial charge in [-0.25, -0.2) is 4.98 Å². The van der Waals surface area contributed by atoms with E-state index in [2.05, 4.69) is 80.0 Å². The molecule has 4 heterocycles. The van der Waals surface area contributed by atoms with E-state index >= 15 is 0 Å². The zero-order valence-electron chi connectivity index (χ0n) is 21.5. The molecular weight excluding hydrogens is 454 g/mol. The fourth-order valence-corrected chi connectivity index (χ4v) is 4.60. The van der Waals surface area contributed by atoms with Gasteiger partial charge in [-0.05, 0) is 58.2 Å². The van der Waals surface area contributed by atoms with E-state index in [-0.39, 0.29) is 18.0 Å². The van der Waals surface area contributed by atoms with Gasteiger partial charge in [0.15, 0.2) is 17.0 Å². The van der Waals surface area contributed by atoms with Crippen LogP contribution < -0.4 is 20.4 Å². The van der Waals surface area contributed by atoms with E-state index in [1.54, 1.807) is 12.2 Å². The van der Waals surface area contributed by atoms with Gasteiger partial charge in [0.2, 0.25) is 11.9 Å². The lowest BCUT2D eigenvalue weighted by atomic mass is 10.1. The predicted octanol–water partition coefficient (Wildman–Crippen LogP) is 2.78. The second-order valence-electron chi connectivity index (χ2n) is 9.86. The van der Waals surface area contributed by atoms with Crippen molar-refractivity contribution in [3.05, 3.63) is 42.7 Å². The molecule has 0 spiro atoms. The molecule has 10 nitrogen and oxygen atoms in total. The quantitative estimate of drug-likeness (QED) is 0.490. The minimum atomic E-state index is -0.0706. The van der Waals surface area contributed by atoms with Crippen molar-refractivity contribution in [1.82, 2.24) is 29.7 Å². The molecule has 3 aromatic rings. The standard InChI is InChI=1S/C26H35N9O/c1-5-6-22(36)28-20-15-34(16-20)26-30-24(23-25(31-26)35(17-27-23)18(2)3)29-19-7-9-21(10-8-19)33-13-11-32(4)12-14-33/h5-10,17-18,20H,11-16H2,1-4H3,(H,28,36)(H,29,30,31)/b6-5+. The van der Waals surface area contributed by atoms with Crippen LogP contribution in [0.4, 0.5) is 23.1 Å². The maximum absolute atomic E-state index is 11.9. The number of likely N-dealkylation sites (N-methyl/N-ethyl adjacent to an activating group) is 1. The monoisotopic (exact) mass is 489 g/mol. The summed E-state index contributed by atoms with van der Waals surface area (Å²) in [6.07, 6.45) is 5.11. The molecule has 5 rings (SSSR count). The summed E-state index contributed by atoms with van der Waals surface area (Å²) in [6.45, 7) is 11.6. The number of nitrogens with zero attached hydrogens (tertiary/aromatic N) is 7. The molecule has 0 aliphatic carbocycles. The molecule has 2 N–H and O–H groups in total. The molecule has 36 heavy (non-hydrogen) atoms. The molecule has 0 radical (unpaired) electrons. The molecule has 2 aliphatic rings. The summed E-state index contributed by atoms with van der Waals surface area (Å²) < 4.78 is 2.06. The Morgan fingerprint density at radius 2 is 1.78 bits per heavy atom. The average molecular weight is 490 g/mol. The van der Waals surface area contributed by atoms with Crippen LogP contribution in [-0.2, 0) is 4.79 Å². The number of hydrogen-bond donors (Lipinski definition) is 2. The minimum absolute atomic E-state index is 0.0706.